The zero-order valence-electron chi connectivity index (χ0n) is 8.24. The Balaban J connectivity index is 2.77. The van der Waals surface area contributed by atoms with Gasteiger partial charge in [0.15, 0.2) is 0 Å². The molecule has 1 amide bonds. The number of hydrogen-bond donors (Lipinski definition) is 1. The molecule has 0 unspecified atom stereocenters. The van der Waals surface area contributed by atoms with E-state index in [1.54, 1.807) is 17.8 Å². The third-order valence-corrected chi connectivity index (χ3v) is 2.32. The van der Waals surface area contributed by atoms with Crippen molar-refractivity contribution in [3.05, 3.63) is 35.4 Å². The Morgan fingerprint density at radius 3 is 3.00 bits per heavy atom. The van der Waals surface area contributed by atoms with E-state index in [4.69, 9.17) is 0 Å². The molecule has 3 nitrogen and oxygen atoms in total. The summed E-state index contributed by atoms with van der Waals surface area (Å²) in [7, 11) is 1.42. The molecular weight excluding hydrogens is 198 g/mol. The highest BCUT2D eigenvalue weighted by molar-refractivity contribution is 7.97. The number of amides is 1. The highest BCUT2D eigenvalue weighted by Gasteiger charge is 2.04. The van der Waals surface area contributed by atoms with Gasteiger partial charge in [-0.05, 0) is 24.0 Å². The Bertz CT molecular complexity index is 315. The number of carbonyl (C=O) groups is 1. The standard InChI is InChI=1S/C10H13NO2S/c1-13-11-10(12)9-5-3-4-8(6-9)7-14-2/h3-6H,7H2,1-2H3,(H,11,12). The molecule has 0 bridgehead atoms. The predicted molar refractivity (Wildman–Crippen MR) is 58.1 cm³/mol. The summed E-state index contributed by atoms with van der Waals surface area (Å²) in [5.74, 6) is 0.698. The van der Waals surface area contributed by atoms with E-state index in [1.165, 1.54) is 7.11 Å². The molecule has 0 saturated heterocycles. The van der Waals surface area contributed by atoms with Crippen LogP contribution in [0.1, 0.15) is 15.9 Å². The number of benzene rings is 1. The van der Waals surface area contributed by atoms with Crippen LogP contribution < -0.4 is 5.48 Å². The number of rotatable bonds is 4. The van der Waals surface area contributed by atoms with Gasteiger partial charge in [-0.1, -0.05) is 12.1 Å². The molecule has 0 aromatic heterocycles. The van der Waals surface area contributed by atoms with Crippen molar-refractivity contribution >= 4 is 17.7 Å². The molecule has 14 heavy (non-hydrogen) atoms. The normalized spacial score (nSPS) is 9.86. The molecule has 76 valence electrons. The summed E-state index contributed by atoms with van der Waals surface area (Å²) in [6.45, 7) is 0. The molecule has 0 saturated carbocycles. The van der Waals surface area contributed by atoms with Crippen molar-refractivity contribution in [3.63, 3.8) is 0 Å². The largest absolute Gasteiger partial charge is 0.277 e. The molecule has 0 fully saturated rings. The minimum absolute atomic E-state index is 0.213. The lowest BCUT2D eigenvalue weighted by molar-refractivity contribution is 0.0537. The lowest BCUT2D eigenvalue weighted by atomic mass is 10.1. The SMILES string of the molecule is CONC(=O)c1cccc(CSC)c1. The predicted octanol–water partition coefficient (Wildman–Crippen LogP) is 1.84. The summed E-state index contributed by atoms with van der Waals surface area (Å²) in [5.41, 5.74) is 4.05. The van der Waals surface area contributed by atoms with Crippen molar-refractivity contribution in [2.45, 2.75) is 5.75 Å². The first kappa shape index (κ1) is 11.1. The van der Waals surface area contributed by atoms with Crippen LogP contribution in [-0.4, -0.2) is 19.3 Å². The second kappa shape index (κ2) is 5.67. The Morgan fingerprint density at radius 1 is 1.57 bits per heavy atom. The van der Waals surface area contributed by atoms with Gasteiger partial charge in [-0.25, -0.2) is 5.48 Å². The first-order valence-electron chi connectivity index (χ1n) is 4.19. The van der Waals surface area contributed by atoms with E-state index in [2.05, 4.69) is 10.3 Å². The fraction of sp³-hybridized carbons (Fsp3) is 0.300. The second-order valence-corrected chi connectivity index (χ2v) is 3.63. The molecule has 4 heteroatoms. The number of carbonyl (C=O) groups excluding carboxylic acids is 1. The number of thioether (sulfide) groups is 1. The molecule has 1 aromatic carbocycles. The second-order valence-electron chi connectivity index (χ2n) is 2.77. The van der Waals surface area contributed by atoms with E-state index in [0.29, 0.717) is 5.56 Å². The third-order valence-electron chi connectivity index (χ3n) is 1.69. The minimum Gasteiger partial charge on any atom is -0.277 e. The Labute approximate surface area is 87.8 Å². The molecule has 0 aliphatic rings. The maximum absolute atomic E-state index is 11.4. The molecular formula is C10H13NO2S. The molecule has 0 radical (unpaired) electrons. The van der Waals surface area contributed by atoms with Crippen LogP contribution in [0.15, 0.2) is 24.3 Å². The average Bonchev–Trinajstić information content (AvgIpc) is 2.19. The van der Waals surface area contributed by atoms with Gasteiger partial charge in [-0.2, -0.15) is 11.8 Å². The molecule has 0 atom stereocenters. The Kier molecular flexibility index (Phi) is 4.49. The lowest BCUT2D eigenvalue weighted by Crippen LogP contribution is -2.21. The lowest BCUT2D eigenvalue weighted by Gasteiger charge is -2.03. The highest BCUT2D eigenvalue weighted by Crippen LogP contribution is 2.11. The maximum atomic E-state index is 11.4. The summed E-state index contributed by atoms with van der Waals surface area (Å²) in [5, 5.41) is 0. The zero-order valence-corrected chi connectivity index (χ0v) is 9.06. The molecule has 0 heterocycles. The number of hydrogen-bond acceptors (Lipinski definition) is 3. The van der Waals surface area contributed by atoms with E-state index in [1.807, 2.05) is 24.5 Å². The van der Waals surface area contributed by atoms with Crippen LogP contribution in [0.4, 0.5) is 0 Å². The fourth-order valence-electron chi connectivity index (χ4n) is 1.12. The van der Waals surface area contributed by atoms with Crippen molar-refractivity contribution in [2.24, 2.45) is 0 Å². The molecule has 0 spiro atoms. The van der Waals surface area contributed by atoms with Crippen LogP contribution in [0.3, 0.4) is 0 Å². The van der Waals surface area contributed by atoms with E-state index < -0.39 is 0 Å². The maximum Gasteiger partial charge on any atom is 0.274 e. The van der Waals surface area contributed by atoms with E-state index in [0.717, 1.165) is 11.3 Å². The van der Waals surface area contributed by atoms with Gasteiger partial charge in [0.25, 0.3) is 5.91 Å². The summed E-state index contributed by atoms with van der Waals surface area (Å²) >= 11 is 1.73. The molecule has 1 N–H and O–H groups in total. The van der Waals surface area contributed by atoms with Crippen molar-refractivity contribution < 1.29 is 9.63 Å². The van der Waals surface area contributed by atoms with Gasteiger partial charge in [0, 0.05) is 11.3 Å². The van der Waals surface area contributed by atoms with Crippen LogP contribution in [-0.2, 0) is 10.6 Å². The van der Waals surface area contributed by atoms with Crippen molar-refractivity contribution in [3.8, 4) is 0 Å². The van der Waals surface area contributed by atoms with Gasteiger partial charge in [0.1, 0.15) is 0 Å². The van der Waals surface area contributed by atoms with Gasteiger partial charge >= 0.3 is 0 Å². The zero-order chi connectivity index (χ0) is 10.4. The average molecular weight is 211 g/mol. The molecule has 1 rings (SSSR count). The van der Waals surface area contributed by atoms with Gasteiger partial charge in [-0.15, -0.1) is 0 Å². The summed E-state index contributed by atoms with van der Waals surface area (Å²) in [6.07, 6.45) is 2.03. The Hall–Kier alpha value is -1.00. The first-order chi connectivity index (χ1) is 6.77. The van der Waals surface area contributed by atoms with Gasteiger partial charge in [0.2, 0.25) is 0 Å². The van der Waals surface area contributed by atoms with E-state index in [-0.39, 0.29) is 5.91 Å². The molecule has 1 aromatic rings. The highest BCUT2D eigenvalue weighted by atomic mass is 32.2. The first-order valence-corrected chi connectivity index (χ1v) is 5.58. The van der Waals surface area contributed by atoms with Gasteiger partial charge in [-0.3, -0.25) is 9.63 Å². The summed E-state index contributed by atoms with van der Waals surface area (Å²) in [6, 6.07) is 7.50. The smallest absolute Gasteiger partial charge is 0.274 e. The number of hydroxylamine groups is 1. The fourth-order valence-corrected chi connectivity index (χ4v) is 1.63. The topological polar surface area (TPSA) is 38.3 Å². The van der Waals surface area contributed by atoms with Gasteiger partial charge in [0.05, 0.1) is 7.11 Å². The quantitative estimate of drug-likeness (QED) is 0.772. The van der Waals surface area contributed by atoms with Crippen molar-refractivity contribution in [1.29, 1.82) is 0 Å². The van der Waals surface area contributed by atoms with Crippen molar-refractivity contribution in [2.75, 3.05) is 13.4 Å². The van der Waals surface area contributed by atoms with E-state index in [9.17, 15) is 4.79 Å². The van der Waals surface area contributed by atoms with Crippen LogP contribution in [0.25, 0.3) is 0 Å². The number of nitrogens with one attached hydrogen (secondary N) is 1. The van der Waals surface area contributed by atoms with Crippen LogP contribution >= 0.6 is 11.8 Å². The summed E-state index contributed by atoms with van der Waals surface area (Å²) < 4.78 is 0. The van der Waals surface area contributed by atoms with Crippen LogP contribution in [0, 0.1) is 0 Å². The monoisotopic (exact) mass is 211 g/mol. The Morgan fingerprint density at radius 2 is 2.36 bits per heavy atom. The van der Waals surface area contributed by atoms with Gasteiger partial charge < -0.3 is 0 Å². The van der Waals surface area contributed by atoms with Crippen molar-refractivity contribution in [1.82, 2.24) is 5.48 Å². The summed E-state index contributed by atoms with van der Waals surface area (Å²) in [4.78, 5) is 15.9. The third kappa shape index (κ3) is 3.05. The molecule has 0 aliphatic heterocycles. The minimum atomic E-state index is -0.213. The van der Waals surface area contributed by atoms with E-state index >= 15 is 0 Å². The molecule has 0 aliphatic carbocycles. The van der Waals surface area contributed by atoms with Crippen LogP contribution in [0.5, 0.6) is 0 Å². The van der Waals surface area contributed by atoms with Crippen LogP contribution in [0.2, 0.25) is 0 Å².